The number of nitrogens with one attached hydrogen (secondary N) is 2. The SMILES string of the molecule is Cc1ccc(CCNC(=O)[C@H]2[C@H](C(=O)NCCCCN3CCCC3)[C@H]3C=C[C@@H]2C32CC2)cc1C. The number of carbonyl (C=O) groups excluding carboxylic acids is 2. The van der Waals surface area contributed by atoms with Crippen molar-refractivity contribution in [3.63, 3.8) is 0 Å². The minimum absolute atomic E-state index is 0.0705. The number of hydrogen-bond donors (Lipinski definition) is 2. The zero-order valence-corrected chi connectivity index (χ0v) is 20.9. The number of rotatable bonds is 10. The maximum atomic E-state index is 13.4. The summed E-state index contributed by atoms with van der Waals surface area (Å²) in [6.45, 7) is 9.19. The van der Waals surface area contributed by atoms with Crippen molar-refractivity contribution < 1.29 is 9.59 Å². The van der Waals surface area contributed by atoms with Crippen molar-refractivity contribution in [3.8, 4) is 0 Å². The minimum Gasteiger partial charge on any atom is -0.356 e. The molecule has 184 valence electrons. The van der Waals surface area contributed by atoms with Crippen molar-refractivity contribution in [2.24, 2.45) is 29.1 Å². The van der Waals surface area contributed by atoms with Crippen LogP contribution in [-0.2, 0) is 16.0 Å². The molecular formula is C29H41N3O2. The molecule has 1 aromatic rings. The van der Waals surface area contributed by atoms with Crippen molar-refractivity contribution in [1.29, 1.82) is 0 Å². The van der Waals surface area contributed by atoms with Crippen LogP contribution in [0, 0.1) is 42.9 Å². The van der Waals surface area contributed by atoms with Gasteiger partial charge in [0.25, 0.3) is 0 Å². The smallest absolute Gasteiger partial charge is 0.224 e. The van der Waals surface area contributed by atoms with Crippen LogP contribution in [-0.4, -0.2) is 49.4 Å². The van der Waals surface area contributed by atoms with Gasteiger partial charge in [-0.25, -0.2) is 0 Å². The Morgan fingerprint density at radius 2 is 1.56 bits per heavy atom. The fourth-order valence-corrected chi connectivity index (χ4v) is 6.91. The van der Waals surface area contributed by atoms with Gasteiger partial charge in [0.1, 0.15) is 0 Å². The van der Waals surface area contributed by atoms with Crippen LogP contribution < -0.4 is 10.6 Å². The first-order valence-electron chi connectivity index (χ1n) is 13.5. The van der Waals surface area contributed by atoms with E-state index in [1.54, 1.807) is 0 Å². The van der Waals surface area contributed by atoms with E-state index in [1.165, 1.54) is 42.6 Å². The number of nitrogens with zero attached hydrogens (tertiary/aromatic N) is 1. The van der Waals surface area contributed by atoms with Crippen LogP contribution in [0.3, 0.4) is 0 Å². The normalized spacial score (nSPS) is 28.5. The summed E-state index contributed by atoms with van der Waals surface area (Å²) in [4.78, 5) is 29.2. The van der Waals surface area contributed by atoms with Crippen molar-refractivity contribution >= 4 is 11.8 Å². The Hall–Kier alpha value is -2.14. The third-order valence-corrected chi connectivity index (χ3v) is 9.13. The largest absolute Gasteiger partial charge is 0.356 e. The van der Waals surface area contributed by atoms with Gasteiger partial charge in [-0.05, 0) is 112 Å². The van der Waals surface area contributed by atoms with E-state index in [0.717, 1.165) is 45.2 Å². The molecule has 3 fully saturated rings. The molecule has 1 spiro atoms. The van der Waals surface area contributed by atoms with Crippen molar-refractivity contribution in [3.05, 3.63) is 47.0 Å². The molecule has 2 N–H and O–H groups in total. The van der Waals surface area contributed by atoms with Crippen LogP contribution in [0.2, 0.25) is 0 Å². The highest BCUT2D eigenvalue weighted by Gasteiger charge is 2.69. The monoisotopic (exact) mass is 463 g/mol. The highest BCUT2D eigenvalue weighted by molar-refractivity contribution is 5.90. The van der Waals surface area contributed by atoms with Crippen LogP contribution in [0.5, 0.6) is 0 Å². The second kappa shape index (κ2) is 9.85. The standard InChI is InChI=1S/C29H41N3O2/c1-20-7-8-22(19-21(20)2)11-15-31-28(34)26-24-10-9-23(29(24)12-13-29)25(26)27(33)30-14-3-4-16-32-17-5-6-18-32/h7-10,19,23-26H,3-6,11-18H2,1-2H3,(H,30,33)(H,31,34)/t23-,24+,25-,26-/m1/s1. The maximum absolute atomic E-state index is 13.4. The zero-order valence-electron chi connectivity index (χ0n) is 20.9. The second-order valence-corrected chi connectivity index (χ2v) is 11.2. The Kier molecular flexibility index (Phi) is 6.83. The number of hydrogen-bond acceptors (Lipinski definition) is 3. The van der Waals surface area contributed by atoms with Crippen LogP contribution in [0.25, 0.3) is 0 Å². The Labute approximate surface area is 204 Å². The topological polar surface area (TPSA) is 61.4 Å². The molecule has 1 saturated heterocycles. The predicted molar refractivity (Wildman–Crippen MR) is 135 cm³/mol. The van der Waals surface area contributed by atoms with E-state index < -0.39 is 0 Å². The van der Waals surface area contributed by atoms with Crippen LogP contribution in [0.15, 0.2) is 30.4 Å². The average molecular weight is 464 g/mol. The number of allylic oxidation sites excluding steroid dienone is 2. The van der Waals surface area contributed by atoms with Gasteiger partial charge in [0, 0.05) is 13.1 Å². The molecule has 4 atom stereocenters. The lowest BCUT2D eigenvalue weighted by molar-refractivity contribution is -0.135. The van der Waals surface area contributed by atoms with Gasteiger partial charge >= 0.3 is 0 Å². The molecule has 0 radical (unpaired) electrons. The van der Waals surface area contributed by atoms with Crippen LogP contribution in [0.4, 0.5) is 0 Å². The van der Waals surface area contributed by atoms with Crippen molar-refractivity contribution in [2.75, 3.05) is 32.7 Å². The fourth-order valence-electron chi connectivity index (χ4n) is 6.91. The highest BCUT2D eigenvalue weighted by atomic mass is 16.2. The molecular weight excluding hydrogens is 422 g/mol. The molecule has 5 heteroatoms. The third kappa shape index (κ3) is 4.56. The van der Waals surface area contributed by atoms with Gasteiger partial charge < -0.3 is 15.5 Å². The third-order valence-electron chi connectivity index (χ3n) is 9.13. The molecule has 5 nitrogen and oxygen atoms in total. The van der Waals surface area contributed by atoms with Gasteiger partial charge in [-0.3, -0.25) is 9.59 Å². The molecule has 3 aliphatic carbocycles. The summed E-state index contributed by atoms with van der Waals surface area (Å²) in [5, 5.41) is 6.40. The van der Waals surface area contributed by atoms with E-state index in [-0.39, 0.29) is 40.9 Å². The first-order chi connectivity index (χ1) is 16.5. The summed E-state index contributed by atoms with van der Waals surface area (Å²) < 4.78 is 0. The van der Waals surface area contributed by atoms with Crippen LogP contribution >= 0.6 is 0 Å². The Balaban J connectivity index is 1.14. The fraction of sp³-hybridized carbons (Fsp3) is 0.655. The zero-order chi connectivity index (χ0) is 23.7. The molecule has 1 aliphatic heterocycles. The highest BCUT2D eigenvalue weighted by Crippen LogP contribution is 2.72. The van der Waals surface area contributed by atoms with Gasteiger partial charge in [0.15, 0.2) is 0 Å². The predicted octanol–water partition coefficient (Wildman–Crippen LogP) is 3.78. The van der Waals surface area contributed by atoms with Crippen molar-refractivity contribution in [2.45, 2.75) is 58.8 Å². The Bertz CT molecular complexity index is 945. The molecule has 5 rings (SSSR count). The molecule has 34 heavy (non-hydrogen) atoms. The van der Waals surface area contributed by atoms with E-state index in [1.807, 2.05) is 0 Å². The van der Waals surface area contributed by atoms with Gasteiger partial charge in [-0.15, -0.1) is 0 Å². The number of likely N-dealkylation sites (tertiary alicyclic amines) is 1. The summed E-state index contributed by atoms with van der Waals surface area (Å²) in [5.74, 6) is 0.196. The van der Waals surface area contributed by atoms with E-state index in [2.05, 4.69) is 59.7 Å². The summed E-state index contributed by atoms with van der Waals surface area (Å²) >= 11 is 0. The van der Waals surface area contributed by atoms with Gasteiger partial charge in [-0.1, -0.05) is 30.4 Å². The van der Waals surface area contributed by atoms with Gasteiger partial charge in [-0.2, -0.15) is 0 Å². The molecule has 0 unspecified atom stereocenters. The lowest BCUT2D eigenvalue weighted by Crippen LogP contribution is -2.44. The number of aryl methyl sites for hydroxylation is 2. The van der Waals surface area contributed by atoms with E-state index in [4.69, 9.17) is 0 Å². The van der Waals surface area contributed by atoms with Gasteiger partial charge in [0.05, 0.1) is 11.8 Å². The number of benzene rings is 1. The molecule has 2 saturated carbocycles. The van der Waals surface area contributed by atoms with Gasteiger partial charge in [0.2, 0.25) is 11.8 Å². The average Bonchev–Trinajstić information content (AvgIpc) is 3.18. The Morgan fingerprint density at radius 1 is 0.912 bits per heavy atom. The minimum atomic E-state index is -0.221. The lowest BCUT2D eigenvalue weighted by Gasteiger charge is -2.26. The Morgan fingerprint density at radius 3 is 2.18 bits per heavy atom. The molecule has 1 aromatic carbocycles. The number of unbranched alkanes of at least 4 members (excludes halogenated alkanes) is 1. The van der Waals surface area contributed by atoms with E-state index in [0.29, 0.717) is 6.54 Å². The molecule has 1 heterocycles. The van der Waals surface area contributed by atoms with Crippen LogP contribution in [0.1, 0.15) is 55.2 Å². The summed E-state index contributed by atoms with van der Waals surface area (Å²) in [6.07, 6.45) is 12.4. The number of amides is 2. The number of carbonyl (C=O) groups is 2. The summed E-state index contributed by atoms with van der Waals surface area (Å²) in [5.41, 5.74) is 4.02. The second-order valence-electron chi connectivity index (χ2n) is 11.2. The first kappa shape index (κ1) is 23.6. The maximum Gasteiger partial charge on any atom is 0.224 e. The van der Waals surface area contributed by atoms with E-state index in [9.17, 15) is 9.59 Å². The first-order valence-corrected chi connectivity index (χ1v) is 13.5. The summed E-state index contributed by atoms with van der Waals surface area (Å²) in [6, 6.07) is 6.50. The quantitative estimate of drug-likeness (QED) is 0.410. The molecule has 2 bridgehead atoms. The van der Waals surface area contributed by atoms with E-state index >= 15 is 0 Å². The lowest BCUT2D eigenvalue weighted by atomic mass is 9.81. The molecule has 4 aliphatic rings. The molecule has 0 aromatic heterocycles. The van der Waals surface area contributed by atoms with Crippen molar-refractivity contribution in [1.82, 2.24) is 15.5 Å². The molecule has 2 amide bonds. The summed E-state index contributed by atoms with van der Waals surface area (Å²) in [7, 11) is 0.